The summed E-state index contributed by atoms with van der Waals surface area (Å²) in [6.07, 6.45) is 3.03. The van der Waals surface area contributed by atoms with Crippen LogP contribution >= 0.6 is 11.6 Å². The molecule has 0 unspecified atom stereocenters. The third-order valence-electron chi connectivity index (χ3n) is 4.83. The van der Waals surface area contributed by atoms with Crippen molar-refractivity contribution in [3.05, 3.63) is 99.7 Å². The number of nitrogens with zero attached hydrogens (tertiary/aromatic N) is 4. The lowest BCUT2D eigenvalue weighted by Crippen LogP contribution is -2.18. The third-order valence-corrected chi connectivity index (χ3v) is 5.14. The number of halogens is 1. The summed E-state index contributed by atoms with van der Waals surface area (Å²) in [4.78, 5) is 25.4. The molecular weight excluding hydrogens is 426 g/mol. The fraction of sp³-hybridized carbons (Fsp3) is 0. The van der Waals surface area contributed by atoms with E-state index in [1.165, 1.54) is 10.5 Å². The SMILES string of the molecule is N#CC(=Cc1c(Oc2ccccc2Cl)nc2ccccn2c1=O)c1nc2ccccc2[nH]1. The maximum atomic E-state index is 13.3. The molecule has 5 aromatic rings. The number of allylic oxidation sites excluding steroid dienone is 1. The van der Waals surface area contributed by atoms with E-state index in [2.05, 4.69) is 21.0 Å². The van der Waals surface area contributed by atoms with Crippen LogP contribution in [0.2, 0.25) is 5.02 Å². The topological polar surface area (TPSA) is 96.1 Å². The second-order valence-corrected chi connectivity index (χ2v) is 7.28. The van der Waals surface area contributed by atoms with Gasteiger partial charge in [0.15, 0.2) is 0 Å². The van der Waals surface area contributed by atoms with Crippen LogP contribution in [0.3, 0.4) is 0 Å². The molecule has 0 aliphatic heterocycles. The number of imidazole rings is 1. The van der Waals surface area contributed by atoms with Crippen LogP contribution in [0.1, 0.15) is 11.4 Å². The smallest absolute Gasteiger partial charge is 0.269 e. The van der Waals surface area contributed by atoms with Gasteiger partial charge in [0.05, 0.1) is 21.6 Å². The van der Waals surface area contributed by atoms with Crippen molar-refractivity contribution in [3.63, 3.8) is 0 Å². The molecule has 0 spiro atoms. The van der Waals surface area contributed by atoms with Crippen molar-refractivity contribution in [1.29, 1.82) is 5.26 Å². The number of H-pyrrole nitrogens is 1. The summed E-state index contributed by atoms with van der Waals surface area (Å²) in [7, 11) is 0. The molecular formula is C24H14ClN5O2. The highest BCUT2D eigenvalue weighted by molar-refractivity contribution is 6.32. The quantitative estimate of drug-likeness (QED) is 0.394. The Kier molecular flexibility index (Phi) is 4.90. The highest BCUT2D eigenvalue weighted by atomic mass is 35.5. The van der Waals surface area contributed by atoms with Crippen molar-refractivity contribution in [2.45, 2.75) is 0 Å². The second-order valence-electron chi connectivity index (χ2n) is 6.87. The van der Waals surface area contributed by atoms with Crippen LogP contribution in [0.4, 0.5) is 0 Å². The summed E-state index contributed by atoms with van der Waals surface area (Å²) in [6, 6.07) is 21.6. The van der Waals surface area contributed by atoms with Gasteiger partial charge in [0.1, 0.15) is 28.9 Å². The number of ether oxygens (including phenoxy) is 1. The Bertz CT molecular complexity index is 1580. The highest BCUT2D eigenvalue weighted by Crippen LogP contribution is 2.30. The standard InChI is InChI=1S/C24H14ClN5O2/c25-17-7-1-4-10-20(17)32-23-16(24(31)30-12-6-5-11-21(30)29-23)13-15(14-26)22-27-18-8-2-3-9-19(18)28-22/h1-13H,(H,27,28). The predicted molar refractivity (Wildman–Crippen MR) is 123 cm³/mol. The summed E-state index contributed by atoms with van der Waals surface area (Å²) in [6.45, 7) is 0. The molecule has 0 aliphatic rings. The zero-order chi connectivity index (χ0) is 22.1. The van der Waals surface area contributed by atoms with Crippen LogP contribution in [0.5, 0.6) is 11.6 Å². The molecule has 0 aliphatic carbocycles. The monoisotopic (exact) mass is 439 g/mol. The van der Waals surface area contributed by atoms with E-state index in [1.807, 2.05) is 24.3 Å². The normalized spacial score (nSPS) is 11.6. The van der Waals surface area contributed by atoms with E-state index in [0.717, 1.165) is 5.52 Å². The first-order valence-electron chi connectivity index (χ1n) is 9.65. The van der Waals surface area contributed by atoms with Crippen molar-refractivity contribution < 1.29 is 4.74 Å². The minimum absolute atomic E-state index is 0.0400. The number of fused-ring (bicyclic) bond motifs is 2. The van der Waals surface area contributed by atoms with Gasteiger partial charge in [0.2, 0.25) is 5.88 Å². The van der Waals surface area contributed by atoms with Gasteiger partial charge < -0.3 is 9.72 Å². The zero-order valence-corrected chi connectivity index (χ0v) is 17.2. The maximum absolute atomic E-state index is 13.3. The number of aromatic nitrogens is 4. The van der Waals surface area contributed by atoms with Gasteiger partial charge in [-0.1, -0.05) is 41.9 Å². The summed E-state index contributed by atoms with van der Waals surface area (Å²) >= 11 is 6.24. The van der Waals surface area contributed by atoms with Crippen LogP contribution in [0.15, 0.2) is 77.7 Å². The first-order valence-corrected chi connectivity index (χ1v) is 10.0. The van der Waals surface area contributed by atoms with Crippen molar-refractivity contribution in [3.8, 4) is 17.7 Å². The molecule has 0 bridgehead atoms. The molecule has 0 saturated heterocycles. The molecule has 0 radical (unpaired) electrons. The molecule has 2 aromatic carbocycles. The Morgan fingerprint density at radius 1 is 1.06 bits per heavy atom. The Morgan fingerprint density at radius 3 is 2.66 bits per heavy atom. The van der Waals surface area contributed by atoms with Crippen molar-refractivity contribution in [2.24, 2.45) is 0 Å². The molecule has 0 amide bonds. The lowest BCUT2D eigenvalue weighted by molar-refractivity contribution is 0.461. The van der Waals surface area contributed by atoms with E-state index in [-0.39, 0.29) is 22.6 Å². The molecule has 3 aromatic heterocycles. The predicted octanol–water partition coefficient (Wildman–Crippen LogP) is 5.08. The molecule has 1 N–H and O–H groups in total. The molecule has 32 heavy (non-hydrogen) atoms. The van der Waals surface area contributed by atoms with Crippen molar-refractivity contribution in [1.82, 2.24) is 19.4 Å². The number of aromatic amines is 1. The fourth-order valence-corrected chi connectivity index (χ4v) is 3.47. The maximum Gasteiger partial charge on any atom is 0.269 e. The molecule has 0 atom stereocenters. The molecule has 154 valence electrons. The van der Waals surface area contributed by atoms with Gasteiger partial charge in [-0.05, 0) is 42.5 Å². The van der Waals surface area contributed by atoms with E-state index < -0.39 is 0 Å². The number of pyridine rings is 1. The first-order chi connectivity index (χ1) is 15.6. The molecule has 0 saturated carbocycles. The third kappa shape index (κ3) is 3.49. The molecule has 7 nitrogen and oxygen atoms in total. The van der Waals surface area contributed by atoms with Crippen LogP contribution in [-0.2, 0) is 0 Å². The van der Waals surface area contributed by atoms with Crippen molar-refractivity contribution >= 4 is 39.9 Å². The van der Waals surface area contributed by atoms with E-state index in [4.69, 9.17) is 16.3 Å². The van der Waals surface area contributed by atoms with Gasteiger partial charge in [-0.3, -0.25) is 9.20 Å². The van der Waals surface area contributed by atoms with Gasteiger partial charge in [-0.2, -0.15) is 10.2 Å². The minimum Gasteiger partial charge on any atom is -0.437 e. The van der Waals surface area contributed by atoms with Gasteiger partial charge in [0, 0.05) is 6.20 Å². The van der Waals surface area contributed by atoms with Gasteiger partial charge >= 0.3 is 0 Å². The number of hydrogen-bond acceptors (Lipinski definition) is 5. The molecule has 0 fully saturated rings. The Morgan fingerprint density at radius 2 is 1.84 bits per heavy atom. The fourth-order valence-electron chi connectivity index (χ4n) is 3.29. The summed E-state index contributed by atoms with van der Waals surface area (Å²) in [5, 5.41) is 10.2. The Hall–Kier alpha value is -4.41. The number of hydrogen-bond donors (Lipinski definition) is 1. The number of nitriles is 1. The van der Waals surface area contributed by atoms with Crippen LogP contribution in [-0.4, -0.2) is 19.4 Å². The van der Waals surface area contributed by atoms with Gasteiger partial charge in [0.25, 0.3) is 5.56 Å². The minimum atomic E-state index is -0.387. The second kappa shape index (κ2) is 8.02. The average molecular weight is 440 g/mol. The van der Waals surface area contributed by atoms with E-state index >= 15 is 0 Å². The van der Waals surface area contributed by atoms with Crippen LogP contribution < -0.4 is 10.3 Å². The van der Waals surface area contributed by atoms with E-state index in [1.54, 1.807) is 48.7 Å². The highest BCUT2D eigenvalue weighted by Gasteiger charge is 2.17. The summed E-state index contributed by atoms with van der Waals surface area (Å²) < 4.78 is 7.32. The Labute approximate surface area is 186 Å². The average Bonchev–Trinajstić information content (AvgIpc) is 3.24. The Balaban J connectivity index is 1.72. The summed E-state index contributed by atoms with van der Waals surface area (Å²) in [5.74, 6) is 0.728. The molecule has 5 rings (SSSR count). The first kappa shape index (κ1) is 19.5. The van der Waals surface area contributed by atoms with Crippen molar-refractivity contribution in [2.75, 3.05) is 0 Å². The zero-order valence-electron chi connectivity index (χ0n) is 16.5. The van der Waals surface area contributed by atoms with Gasteiger partial charge in [-0.25, -0.2) is 4.98 Å². The lowest BCUT2D eigenvalue weighted by atomic mass is 10.2. The molecule has 8 heteroatoms. The van der Waals surface area contributed by atoms with E-state index in [0.29, 0.717) is 27.8 Å². The number of rotatable bonds is 4. The number of para-hydroxylation sites is 3. The van der Waals surface area contributed by atoms with Crippen LogP contribution in [0, 0.1) is 11.3 Å². The van der Waals surface area contributed by atoms with E-state index in [9.17, 15) is 10.1 Å². The summed E-state index contributed by atoms with van der Waals surface area (Å²) in [5.41, 5.74) is 1.78. The number of benzene rings is 2. The van der Waals surface area contributed by atoms with Crippen LogP contribution in [0.25, 0.3) is 28.3 Å². The molecule has 3 heterocycles. The number of nitrogens with one attached hydrogen (secondary N) is 1. The lowest BCUT2D eigenvalue weighted by Gasteiger charge is -2.11. The van der Waals surface area contributed by atoms with Gasteiger partial charge in [-0.15, -0.1) is 0 Å². The largest absolute Gasteiger partial charge is 0.437 e.